The largest absolute Gasteiger partial charge is 0.462 e. The van der Waals surface area contributed by atoms with Gasteiger partial charge in [-0.3, -0.25) is 0 Å². The zero-order valence-electron chi connectivity index (χ0n) is 9.80. The number of ether oxygens (including phenoxy) is 1. The highest BCUT2D eigenvalue weighted by molar-refractivity contribution is 5.87. The van der Waals surface area contributed by atoms with E-state index < -0.39 is 0 Å². The molecule has 14 heavy (non-hydrogen) atoms. The molecule has 0 saturated heterocycles. The summed E-state index contributed by atoms with van der Waals surface area (Å²) in [5.74, 6) is 0.772. The molecule has 0 bridgehead atoms. The van der Waals surface area contributed by atoms with E-state index in [0.29, 0.717) is 30.4 Å². The Morgan fingerprint density at radius 2 is 1.86 bits per heavy atom. The van der Waals surface area contributed by atoms with Crippen molar-refractivity contribution >= 4 is 5.97 Å². The third-order valence-electron chi connectivity index (χ3n) is 2.81. The Hall–Kier alpha value is -0.790. The van der Waals surface area contributed by atoms with Gasteiger partial charge in [0.25, 0.3) is 0 Å². The molecular weight excluding hydrogens is 176 g/mol. The van der Waals surface area contributed by atoms with Gasteiger partial charge in [-0.2, -0.15) is 0 Å². The molecule has 0 aliphatic carbocycles. The molecule has 0 rings (SSSR count). The third-order valence-corrected chi connectivity index (χ3v) is 2.81. The summed E-state index contributed by atoms with van der Waals surface area (Å²) in [4.78, 5) is 11.3. The number of carbonyl (C=O) groups excluding carboxylic acids is 1. The highest BCUT2D eigenvalue weighted by atomic mass is 16.5. The molecule has 0 saturated carbocycles. The summed E-state index contributed by atoms with van der Waals surface area (Å²) < 4.78 is 5.14. The summed E-state index contributed by atoms with van der Waals surface area (Å²) in [5, 5.41) is 0. The lowest BCUT2D eigenvalue weighted by molar-refractivity contribution is -0.140. The van der Waals surface area contributed by atoms with Gasteiger partial charge in [0.2, 0.25) is 0 Å². The minimum Gasteiger partial charge on any atom is -0.462 e. The maximum atomic E-state index is 11.3. The minimum atomic E-state index is -0.248. The van der Waals surface area contributed by atoms with Crippen LogP contribution in [0, 0.1) is 11.8 Å². The molecule has 82 valence electrons. The second-order valence-electron chi connectivity index (χ2n) is 3.92. The van der Waals surface area contributed by atoms with E-state index >= 15 is 0 Å². The molecule has 2 unspecified atom stereocenters. The van der Waals surface area contributed by atoms with E-state index in [9.17, 15) is 4.79 Å². The van der Waals surface area contributed by atoms with Gasteiger partial charge >= 0.3 is 5.97 Å². The van der Waals surface area contributed by atoms with Crippen LogP contribution in [0.5, 0.6) is 0 Å². The fourth-order valence-electron chi connectivity index (χ4n) is 1.02. The number of esters is 1. The maximum Gasteiger partial charge on any atom is 0.333 e. The smallest absolute Gasteiger partial charge is 0.333 e. The fourth-order valence-corrected chi connectivity index (χ4v) is 1.02. The topological polar surface area (TPSA) is 26.3 Å². The Morgan fingerprint density at radius 3 is 2.29 bits per heavy atom. The number of rotatable bonds is 6. The first-order valence-electron chi connectivity index (χ1n) is 5.37. The predicted octanol–water partition coefficient (Wildman–Crippen LogP) is 3.18. The van der Waals surface area contributed by atoms with Gasteiger partial charge in [0, 0.05) is 5.57 Å². The average Bonchev–Trinajstić information content (AvgIpc) is 2.22. The molecule has 0 radical (unpaired) electrons. The van der Waals surface area contributed by atoms with Gasteiger partial charge < -0.3 is 4.74 Å². The van der Waals surface area contributed by atoms with Gasteiger partial charge in [0.1, 0.15) is 0 Å². The standard InChI is InChI=1S/C12H22O2/c1-6-9(3)11(5)8-14-12(13)10(4)7-2/h9,11H,4,6-8H2,1-3,5H3. The van der Waals surface area contributed by atoms with Crippen molar-refractivity contribution in [1.82, 2.24) is 0 Å². The first kappa shape index (κ1) is 13.2. The number of hydrogen-bond acceptors (Lipinski definition) is 2. The summed E-state index contributed by atoms with van der Waals surface area (Å²) in [6.07, 6.45) is 1.78. The van der Waals surface area contributed by atoms with Crippen molar-refractivity contribution < 1.29 is 9.53 Å². The van der Waals surface area contributed by atoms with E-state index in [1.165, 1.54) is 0 Å². The van der Waals surface area contributed by atoms with E-state index in [1.807, 2.05) is 6.92 Å². The van der Waals surface area contributed by atoms with Crippen molar-refractivity contribution in [2.75, 3.05) is 6.61 Å². The molecule has 2 nitrogen and oxygen atoms in total. The van der Waals surface area contributed by atoms with Crippen LogP contribution < -0.4 is 0 Å². The summed E-state index contributed by atoms with van der Waals surface area (Å²) in [5.41, 5.74) is 0.557. The first-order chi connectivity index (χ1) is 6.52. The van der Waals surface area contributed by atoms with Crippen LogP contribution in [0.4, 0.5) is 0 Å². The van der Waals surface area contributed by atoms with Crippen molar-refractivity contribution in [2.24, 2.45) is 11.8 Å². The Kier molecular flexibility index (Phi) is 6.26. The molecule has 0 amide bonds. The van der Waals surface area contributed by atoms with Crippen LogP contribution >= 0.6 is 0 Å². The molecule has 0 fully saturated rings. The number of hydrogen-bond donors (Lipinski definition) is 0. The predicted molar refractivity (Wildman–Crippen MR) is 59.0 cm³/mol. The molecule has 2 heteroatoms. The summed E-state index contributed by atoms with van der Waals surface area (Å²) in [6.45, 7) is 12.5. The molecule has 0 aliphatic rings. The van der Waals surface area contributed by atoms with E-state index in [0.717, 1.165) is 6.42 Å². The van der Waals surface area contributed by atoms with Gasteiger partial charge in [0.05, 0.1) is 6.61 Å². The SMILES string of the molecule is C=C(CC)C(=O)OCC(C)C(C)CC. The van der Waals surface area contributed by atoms with Crippen molar-refractivity contribution in [2.45, 2.75) is 40.5 Å². The van der Waals surface area contributed by atoms with Gasteiger partial charge in [-0.25, -0.2) is 4.79 Å². The van der Waals surface area contributed by atoms with E-state index in [1.54, 1.807) is 0 Å². The molecule has 0 N–H and O–H groups in total. The van der Waals surface area contributed by atoms with Crippen LogP contribution in [-0.2, 0) is 9.53 Å². The lowest BCUT2D eigenvalue weighted by Crippen LogP contribution is -2.17. The summed E-state index contributed by atoms with van der Waals surface area (Å²) in [6, 6.07) is 0. The zero-order valence-corrected chi connectivity index (χ0v) is 9.80. The lowest BCUT2D eigenvalue weighted by Gasteiger charge is -2.18. The quantitative estimate of drug-likeness (QED) is 0.484. The van der Waals surface area contributed by atoms with Crippen molar-refractivity contribution in [3.8, 4) is 0 Å². The molecule has 0 aromatic heterocycles. The van der Waals surface area contributed by atoms with Crippen molar-refractivity contribution in [1.29, 1.82) is 0 Å². The van der Waals surface area contributed by atoms with Crippen LogP contribution in [0.2, 0.25) is 0 Å². The van der Waals surface area contributed by atoms with E-state index in [-0.39, 0.29) is 5.97 Å². The van der Waals surface area contributed by atoms with Gasteiger partial charge in [0.15, 0.2) is 0 Å². The van der Waals surface area contributed by atoms with Crippen molar-refractivity contribution in [3.05, 3.63) is 12.2 Å². The van der Waals surface area contributed by atoms with Crippen LogP contribution in [0.1, 0.15) is 40.5 Å². The summed E-state index contributed by atoms with van der Waals surface area (Å²) >= 11 is 0. The molecule has 0 aliphatic heterocycles. The van der Waals surface area contributed by atoms with Crippen molar-refractivity contribution in [3.63, 3.8) is 0 Å². The second-order valence-corrected chi connectivity index (χ2v) is 3.92. The Morgan fingerprint density at radius 1 is 1.29 bits per heavy atom. The molecule has 0 aromatic rings. The van der Waals surface area contributed by atoms with Crippen LogP contribution in [0.15, 0.2) is 12.2 Å². The molecule has 0 aromatic carbocycles. The van der Waals surface area contributed by atoms with E-state index in [4.69, 9.17) is 4.74 Å². The highest BCUT2D eigenvalue weighted by Crippen LogP contribution is 2.15. The Balaban J connectivity index is 3.82. The normalized spacial score (nSPS) is 14.6. The van der Waals surface area contributed by atoms with E-state index in [2.05, 4.69) is 27.4 Å². The molecule has 2 atom stereocenters. The lowest BCUT2D eigenvalue weighted by atomic mass is 9.94. The van der Waals surface area contributed by atoms with Gasteiger partial charge in [-0.05, 0) is 18.3 Å². The average molecular weight is 198 g/mol. The first-order valence-corrected chi connectivity index (χ1v) is 5.37. The highest BCUT2D eigenvalue weighted by Gasteiger charge is 2.13. The molecule has 0 spiro atoms. The van der Waals surface area contributed by atoms with Gasteiger partial charge in [-0.15, -0.1) is 0 Å². The maximum absolute atomic E-state index is 11.3. The molecular formula is C12H22O2. The Bertz CT molecular complexity index is 196. The third kappa shape index (κ3) is 4.45. The second kappa shape index (κ2) is 6.63. The summed E-state index contributed by atoms with van der Waals surface area (Å²) in [7, 11) is 0. The molecule has 0 heterocycles. The Labute approximate surface area is 87.3 Å². The minimum absolute atomic E-state index is 0.248. The van der Waals surface area contributed by atoms with Gasteiger partial charge in [-0.1, -0.05) is 40.7 Å². The van der Waals surface area contributed by atoms with Crippen LogP contribution in [0.3, 0.4) is 0 Å². The monoisotopic (exact) mass is 198 g/mol. The fraction of sp³-hybridized carbons (Fsp3) is 0.750. The number of carbonyl (C=O) groups is 1. The zero-order chi connectivity index (χ0) is 11.1. The van der Waals surface area contributed by atoms with Crippen LogP contribution in [0.25, 0.3) is 0 Å². The van der Waals surface area contributed by atoms with Crippen LogP contribution in [-0.4, -0.2) is 12.6 Å².